The monoisotopic (exact) mass is 165 g/mol. The van der Waals surface area contributed by atoms with Crippen LogP contribution in [0.5, 0.6) is 0 Å². The first-order chi connectivity index (χ1) is 5.79. The minimum absolute atomic E-state index is 0.255. The number of hydrogen-bond donors (Lipinski definition) is 4. The molecule has 0 spiro atoms. The molecular formula is C7H7N3O2. The molecule has 1 aromatic carbocycles. The third-order valence-corrected chi connectivity index (χ3v) is 1.68. The zero-order chi connectivity index (χ0) is 8.55. The highest BCUT2D eigenvalue weighted by molar-refractivity contribution is 5.98. The van der Waals surface area contributed by atoms with Crippen LogP contribution in [-0.2, 0) is 0 Å². The Morgan fingerprint density at radius 2 is 2.17 bits per heavy atom. The first kappa shape index (κ1) is 6.93. The van der Waals surface area contributed by atoms with E-state index >= 15 is 0 Å². The Hall–Kier alpha value is -1.75. The molecule has 12 heavy (non-hydrogen) atoms. The van der Waals surface area contributed by atoms with Crippen molar-refractivity contribution in [1.82, 2.24) is 5.53 Å². The summed E-state index contributed by atoms with van der Waals surface area (Å²) < 4.78 is 0. The normalized spacial score (nSPS) is 13.0. The Bertz CT molecular complexity index is 337. The molecule has 1 aliphatic rings. The number of carbonyl (C=O) groups is 1. The van der Waals surface area contributed by atoms with Gasteiger partial charge in [-0.2, -0.15) is 0 Å². The molecule has 0 atom stereocenters. The standard InChI is InChI=1S/C7H7N3O2/c11-7(12)4-2-1-3-5-6(4)9-10-8-5/h1-3,8-10H,(H,11,12). The largest absolute Gasteiger partial charge is 0.478 e. The van der Waals surface area contributed by atoms with E-state index in [0.29, 0.717) is 5.69 Å². The summed E-state index contributed by atoms with van der Waals surface area (Å²) in [6.45, 7) is 0. The van der Waals surface area contributed by atoms with Crippen molar-refractivity contribution in [3.63, 3.8) is 0 Å². The highest BCUT2D eigenvalue weighted by atomic mass is 16.4. The second kappa shape index (κ2) is 2.38. The SMILES string of the molecule is O=C(O)c1cccc2c1NNN2. The highest BCUT2D eigenvalue weighted by Gasteiger charge is 2.16. The van der Waals surface area contributed by atoms with Gasteiger partial charge in [0.25, 0.3) is 0 Å². The summed E-state index contributed by atoms with van der Waals surface area (Å²) in [6, 6.07) is 5.02. The zero-order valence-corrected chi connectivity index (χ0v) is 6.09. The Labute approximate surface area is 68.3 Å². The van der Waals surface area contributed by atoms with Gasteiger partial charge in [0, 0.05) is 0 Å². The molecule has 0 bridgehead atoms. The maximum absolute atomic E-state index is 10.7. The van der Waals surface area contributed by atoms with E-state index in [1.54, 1.807) is 18.2 Å². The van der Waals surface area contributed by atoms with Crippen LogP contribution in [0.4, 0.5) is 11.4 Å². The van der Waals surface area contributed by atoms with Crippen molar-refractivity contribution in [3.05, 3.63) is 23.8 Å². The van der Waals surface area contributed by atoms with Crippen LogP contribution in [0, 0.1) is 0 Å². The van der Waals surface area contributed by atoms with Crippen LogP contribution < -0.4 is 16.4 Å². The van der Waals surface area contributed by atoms with Gasteiger partial charge in [-0.1, -0.05) is 6.07 Å². The molecule has 62 valence electrons. The number of benzene rings is 1. The molecular weight excluding hydrogens is 158 g/mol. The topological polar surface area (TPSA) is 73.4 Å². The van der Waals surface area contributed by atoms with E-state index in [-0.39, 0.29) is 5.56 Å². The van der Waals surface area contributed by atoms with E-state index in [4.69, 9.17) is 5.11 Å². The summed E-state index contributed by atoms with van der Waals surface area (Å²) in [5, 5.41) is 8.75. The van der Waals surface area contributed by atoms with Gasteiger partial charge >= 0.3 is 5.97 Å². The summed E-state index contributed by atoms with van der Waals surface area (Å²) in [6.07, 6.45) is 0. The Balaban J connectivity index is 2.56. The van der Waals surface area contributed by atoms with Crippen molar-refractivity contribution >= 4 is 17.3 Å². The number of hydrazine groups is 2. The van der Waals surface area contributed by atoms with Gasteiger partial charge in [-0.3, -0.25) is 0 Å². The number of carboxylic acid groups (broad SMARTS) is 1. The molecule has 0 fully saturated rings. The van der Waals surface area contributed by atoms with E-state index in [1.165, 1.54) is 0 Å². The molecule has 5 nitrogen and oxygen atoms in total. The number of rotatable bonds is 1. The molecule has 1 aromatic rings. The van der Waals surface area contributed by atoms with Crippen molar-refractivity contribution in [2.45, 2.75) is 0 Å². The van der Waals surface area contributed by atoms with Crippen molar-refractivity contribution in [3.8, 4) is 0 Å². The average molecular weight is 165 g/mol. The molecule has 0 unspecified atom stereocenters. The summed E-state index contributed by atoms with van der Waals surface area (Å²) in [7, 11) is 0. The Morgan fingerprint density at radius 3 is 2.92 bits per heavy atom. The van der Waals surface area contributed by atoms with Crippen molar-refractivity contribution in [2.24, 2.45) is 0 Å². The fourth-order valence-electron chi connectivity index (χ4n) is 1.13. The van der Waals surface area contributed by atoms with Crippen LogP contribution in [0.15, 0.2) is 18.2 Å². The van der Waals surface area contributed by atoms with Crippen LogP contribution in [0.2, 0.25) is 0 Å². The fraction of sp³-hybridized carbons (Fsp3) is 0. The third-order valence-electron chi connectivity index (χ3n) is 1.68. The third kappa shape index (κ3) is 0.876. The number of carboxylic acids is 1. The molecule has 0 saturated heterocycles. The quantitative estimate of drug-likeness (QED) is 0.491. The number of nitrogens with one attached hydrogen (secondary N) is 3. The van der Waals surface area contributed by atoms with Crippen LogP contribution in [0.3, 0.4) is 0 Å². The molecule has 0 amide bonds. The van der Waals surface area contributed by atoms with Crippen LogP contribution in [0.1, 0.15) is 10.4 Å². The smallest absolute Gasteiger partial charge is 0.337 e. The van der Waals surface area contributed by atoms with E-state index in [2.05, 4.69) is 16.4 Å². The predicted octanol–water partition coefficient (Wildman–Crippen LogP) is 0.642. The van der Waals surface area contributed by atoms with Gasteiger partial charge in [-0.25, -0.2) is 4.79 Å². The number of anilines is 2. The summed E-state index contributed by atoms with van der Waals surface area (Å²) >= 11 is 0. The van der Waals surface area contributed by atoms with Gasteiger partial charge in [0.15, 0.2) is 0 Å². The number of para-hydroxylation sites is 1. The predicted molar refractivity (Wildman–Crippen MR) is 43.8 cm³/mol. The lowest BCUT2D eigenvalue weighted by molar-refractivity contribution is 0.0698. The molecule has 5 heteroatoms. The van der Waals surface area contributed by atoms with Gasteiger partial charge < -0.3 is 16.0 Å². The van der Waals surface area contributed by atoms with Gasteiger partial charge in [-0.15, -0.1) is 5.53 Å². The van der Waals surface area contributed by atoms with Gasteiger partial charge in [-0.05, 0) is 12.1 Å². The average Bonchev–Trinajstić information content (AvgIpc) is 2.49. The summed E-state index contributed by atoms with van der Waals surface area (Å²) in [5.41, 5.74) is 9.67. The highest BCUT2D eigenvalue weighted by Crippen LogP contribution is 2.27. The van der Waals surface area contributed by atoms with E-state index in [1.807, 2.05) is 0 Å². The van der Waals surface area contributed by atoms with E-state index < -0.39 is 5.97 Å². The summed E-state index contributed by atoms with van der Waals surface area (Å²) in [4.78, 5) is 10.7. The van der Waals surface area contributed by atoms with Crippen LogP contribution >= 0.6 is 0 Å². The second-order valence-electron chi connectivity index (χ2n) is 2.41. The molecule has 2 rings (SSSR count). The van der Waals surface area contributed by atoms with E-state index in [0.717, 1.165) is 5.69 Å². The lowest BCUT2D eigenvalue weighted by Gasteiger charge is -2.00. The molecule has 0 radical (unpaired) electrons. The molecule has 4 N–H and O–H groups in total. The van der Waals surface area contributed by atoms with Gasteiger partial charge in [0.2, 0.25) is 0 Å². The Morgan fingerprint density at radius 1 is 1.33 bits per heavy atom. The number of aromatic carboxylic acids is 1. The maximum atomic E-state index is 10.7. The van der Waals surface area contributed by atoms with Crippen LogP contribution in [0.25, 0.3) is 0 Å². The molecule has 0 aliphatic carbocycles. The lowest BCUT2D eigenvalue weighted by atomic mass is 10.1. The minimum atomic E-state index is -0.940. The van der Waals surface area contributed by atoms with Crippen molar-refractivity contribution in [1.29, 1.82) is 0 Å². The number of hydrogen-bond acceptors (Lipinski definition) is 4. The minimum Gasteiger partial charge on any atom is -0.478 e. The fourth-order valence-corrected chi connectivity index (χ4v) is 1.13. The maximum Gasteiger partial charge on any atom is 0.337 e. The van der Waals surface area contributed by atoms with Crippen LogP contribution in [-0.4, -0.2) is 11.1 Å². The van der Waals surface area contributed by atoms with Crippen molar-refractivity contribution in [2.75, 3.05) is 10.9 Å². The Kier molecular flexibility index (Phi) is 1.38. The second-order valence-corrected chi connectivity index (χ2v) is 2.41. The van der Waals surface area contributed by atoms with E-state index in [9.17, 15) is 4.79 Å². The zero-order valence-electron chi connectivity index (χ0n) is 6.09. The molecule has 0 aromatic heterocycles. The molecule has 1 heterocycles. The molecule has 0 saturated carbocycles. The number of fused-ring (bicyclic) bond motifs is 1. The summed E-state index contributed by atoms with van der Waals surface area (Å²) in [5.74, 6) is -0.940. The molecule has 1 aliphatic heterocycles. The van der Waals surface area contributed by atoms with Gasteiger partial charge in [0.05, 0.1) is 16.9 Å². The van der Waals surface area contributed by atoms with Gasteiger partial charge in [0.1, 0.15) is 0 Å². The first-order valence-corrected chi connectivity index (χ1v) is 3.42. The first-order valence-electron chi connectivity index (χ1n) is 3.42. The van der Waals surface area contributed by atoms with Crippen molar-refractivity contribution < 1.29 is 9.90 Å². The lowest BCUT2D eigenvalue weighted by Crippen LogP contribution is -2.19.